The van der Waals surface area contributed by atoms with Crippen molar-refractivity contribution in [1.29, 1.82) is 0 Å². The summed E-state index contributed by atoms with van der Waals surface area (Å²) < 4.78 is 6.01. The number of aliphatic hydroxyl groups excluding tert-OH is 1. The zero-order valence-electron chi connectivity index (χ0n) is 18.2. The summed E-state index contributed by atoms with van der Waals surface area (Å²) in [7, 11) is 0. The van der Waals surface area contributed by atoms with Crippen molar-refractivity contribution in [3.63, 3.8) is 0 Å². The van der Waals surface area contributed by atoms with Crippen LogP contribution in [0.15, 0.2) is 30.3 Å². The maximum atomic E-state index is 10.9. The molecule has 1 aromatic rings. The molecular formula is C25H42O4. The summed E-state index contributed by atoms with van der Waals surface area (Å²) in [5, 5.41) is 17.7. The fourth-order valence-electron chi connectivity index (χ4n) is 3.64. The number of unbranched alkanes of at least 4 members (excludes halogenated alkanes) is 11. The first-order chi connectivity index (χ1) is 14.2. The van der Waals surface area contributed by atoms with Crippen LogP contribution in [0.25, 0.3) is 0 Å². The van der Waals surface area contributed by atoms with Gasteiger partial charge >= 0.3 is 5.97 Å². The second-order valence-corrected chi connectivity index (χ2v) is 8.11. The topological polar surface area (TPSA) is 66.8 Å². The zero-order chi connectivity index (χ0) is 21.0. The van der Waals surface area contributed by atoms with E-state index < -0.39 is 5.97 Å². The molecule has 166 valence electrons. The van der Waals surface area contributed by atoms with Crippen molar-refractivity contribution in [2.45, 2.75) is 109 Å². The van der Waals surface area contributed by atoms with Crippen molar-refractivity contribution in [1.82, 2.24) is 0 Å². The number of aliphatic hydroxyl groups is 1. The van der Waals surface area contributed by atoms with E-state index in [1.807, 2.05) is 30.3 Å². The van der Waals surface area contributed by atoms with Crippen LogP contribution in [0.2, 0.25) is 0 Å². The van der Waals surface area contributed by atoms with Gasteiger partial charge in [-0.25, -0.2) is 0 Å². The molecule has 0 spiro atoms. The highest BCUT2D eigenvalue weighted by Crippen LogP contribution is 2.17. The van der Waals surface area contributed by atoms with Crippen LogP contribution in [0.3, 0.4) is 0 Å². The maximum Gasteiger partial charge on any atom is 0.303 e. The molecule has 0 aliphatic heterocycles. The lowest BCUT2D eigenvalue weighted by Gasteiger charge is -2.17. The summed E-state index contributed by atoms with van der Waals surface area (Å²) in [5.41, 5.74) is 1.14. The van der Waals surface area contributed by atoms with Gasteiger partial charge in [-0.15, -0.1) is 0 Å². The van der Waals surface area contributed by atoms with Crippen molar-refractivity contribution in [3.05, 3.63) is 35.9 Å². The van der Waals surface area contributed by atoms with Crippen LogP contribution in [0, 0.1) is 0 Å². The average Bonchev–Trinajstić information content (AvgIpc) is 2.73. The minimum Gasteiger partial charge on any atom is -0.481 e. The summed E-state index contributed by atoms with van der Waals surface area (Å²) in [6, 6.07) is 10.1. The van der Waals surface area contributed by atoms with Crippen LogP contribution in [-0.2, 0) is 16.1 Å². The quantitative estimate of drug-likeness (QED) is 0.243. The molecular weight excluding hydrogens is 364 g/mol. The first-order valence-electron chi connectivity index (χ1n) is 11.7. The van der Waals surface area contributed by atoms with Crippen molar-refractivity contribution in [2.24, 2.45) is 0 Å². The van der Waals surface area contributed by atoms with E-state index in [1.54, 1.807) is 0 Å². The maximum absolute atomic E-state index is 10.9. The fourth-order valence-corrected chi connectivity index (χ4v) is 3.64. The van der Waals surface area contributed by atoms with Gasteiger partial charge in [-0.2, -0.15) is 0 Å². The lowest BCUT2D eigenvalue weighted by molar-refractivity contribution is -0.138. The zero-order valence-corrected chi connectivity index (χ0v) is 18.2. The molecule has 1 aromatic carbocycles. The molecule has 0 amide bonds. The summed E-state index contributed by atoms with van der Waals surface area (Å²) in [5.74, 6) is -0.744. The van der Waals surface area contributed by atoms with Crippen LogP contribution < -0.4 is 0 Å². The van der Waals surface area contributed by atoms with Crippen molar-refractivity contribution in [2.75, 3.05) is 6.61 Å². The van der Waals surface area contributed by atoms with Gasteiger partial charge in [0, 0.05) is 13.0 Å². The molecule has 4 heteroatoms. The normalized spacial score (nSPS) is 12.2. The molecule has 0 bridgehead atoms. The highest BCUT2D eigenvalue weighted by molar-refractivity contribution is 5.66. The summed E-state index contributed by atoms with van der Waals surface area (Å²) >= 11 is 0. The first-order valence-corrected chi connectivity index (χ1v) is 11.7. The van der Waals surface area contributed by atoms with Gasteiger partial charge in [-0.05, 0) is 24.8 Å². The molecule has 0 saturated heterocycles. The Morgan fingerprint density at radius 2 is 1.28 bits per heavy atom. The standard InChI is InChI=1S/C25H42O4/c26-21-15-10-8-6-4-2-1-3-5-7-9-14-18-24(19-20-25(27)28)29-22-23-16-12-11-13-17-23/h11-13,16-17,24,26H,1-10,14-15,18-22H2,(H,27,28). The number of ether oxygens (including phenoxy) is 1. The first kappa shape index (κ1) is 25.6. The molecule has 0 aliphatic rings. The van der Waals surface area contributed by atoms with Crippen LogP contribution >= 0.6 is 0 Å². The second kappa shape index (κ2) is 18.6. The van der Waals surface area contributed by atoms with Crippen molar-refractivity contribution in [3.8, 4) is 0 Å². The molecule has 2 N–H and O–H groups in total. The third-order valence-corrected chi connectivity index (χ3v) is 5.44. The number of carboxylic acids is 1. The predicted molar refractivity (Wildman–Crippen MR) is 119 cm³/mol. The lowest BCUT2D eigenvalue weighted by Crippen LogP contribution is -2.15. The molecule has 0 heterocycles. The van der Waals surface area contributed by atoms with Gasteiger partial charge < -0.3 is 14.9 Å². The number of carboxylic acid groups (broad SMARTS) is 1. The van der Waals surface area contributed by atoms with Crippen molar-refractivity contribution < 1.29 is 19.7 Å². The lowest BCUT2D eigenvalue weighted by atomic mass is 10.0. The Bertz CT molecular complexity index is 489. The van der Waals surface area contributed by atoms with Crippen LogP contribution in [-0.4, -0.2) is 28.9 Å². The Balaban J connectivity index is 2.03. The van der Waals surface area contributed by atoms with E-state index in [9.17, 15) is 4.79 Å². The summed E-state index contributed by atoms with van der Waals surface area (Å²) in [6.07, 6.45) is 16.7. The van der Waals surface area contributed by atoms with E-state index in [2.05, 4.69) is 0 Å². The smallest absolute Gasteiger partial charge is 0.303 e. The Morgan fingerprint density at radius 3 is 1.79 bits per heavy atom. The Hall–Kier alpha value is -1.39. The van der Waals surface area contributed by atoms with E-state index in [-0.39, 0.29) is 12.5 Å². The molecule has 0 saturated carbocycles. The van der Waals surface area contributed by atoms with Gasteiger partial charge in [-0.1, -0.05) is 101 Å². The third kappa shape index (κ3) is 16.1. The van der Waals surface area contributed by atoms with Crippen LogP contribution in [0.4, 0.5) is 0 Å². The van der Waals surface area contributed by atoms with Crippen LogP contribution in [0.1, 0.15) is 102 Å². The Kier molecular flexibility index (Phi) is 16.5. The number of aliphatic carboxylic acids is 1. The second-order valence-electron chi connectivity index (χ2n) is 8.11. The molecule has 0 aromatic heterocycles. The Morgan fingerprint density at radius 1 is 0.759 bits per heavy atom. The third-order valence-electron chi connectivity index (χ3n) is 5.44. The molecule has 1 rings (SSSR count). The van der Waals surface area contributed by atoms with E-state index in [4.69, 9.17) is 14.9 Å². The van der Waals surface area contributed by atoms with Gasteiger partial charge in [0.1, 0.15) is 0 Å². The SMILES string of the molecule is O=C(O)CCC(CCCCCCCCCCCCCCO)OCc1ccccc1. The van der Waals surface area contributed by atoms with Gasteiger partial charge in [-0.3, -0.25) is 4.79 Å². The molecule has 0 aliphatic carbocycles. The average molecular weight is 407 g/mol. The van der Waals surface area contributed by atoms with Gasteiger partial charge in [0.2, 0.25) is 0 Å². The number of carbonyl (C=O) groups is 1. The van der Waals surface area contributed by atoms with E-state index >= 15 is 0 Å². The summed E-state index contributed by atoms with van der Waals surface area (Å²) in [6.45, 7) is 0.893. The number of benzene rings is 1. The fraction of sp³-hybridized carbons (Fsp3) is 0.720. The predicted octanol–water partition coefficient (Wildman–Crippen LogP) is 6.50. The monoisotopic (exact) mass is 406 g/mol. The minimum absolute atomic E-state index is 0.0390. The molecule has 4 nitrogen and oxygen atoms in total. The van der Waals surface area contributed by atoms with Gasteiger partial charge in [0.15, 0.2) is 0 Å². The Labute approximate surface area is 177 Å². The minimum atomic E-state index is -0.744. The summed E-state index contributed by atoms with van der Waals surface area (Å²) in [4.78, 5) is 10.9. The molecule has 0 fully saturated rings. The molecule has 1 atom stereocenters. The highest BCUT2D eigenvalue weighted by atomic mass is 16.5. The molecule has 29 heavy (non-hydrogen) atoms. The van der Waals surface area contributed by atoms with Crippen LogP contribution in [0.5, 0.6) is 0 Å². The molecule has 0 radical (unpaired) electrons. The van der Waals surface area contributed by atoms with Crippen molar-refractivity contribution >= 4 is 5.97 Å². The number of rotatable bonds is 20. The number of hydrogen-bond donors (Lipinski definition) is 2. The van der Waals surface area contributed by atoms with E-state index in [1.165, 1.54) is 64.2 Å². The van der Waals surface area contributed by atoms with Gasteiger partial charge in [0.05, 0.1) is 12.7 Å². The van der Waals surface area contributed by atoms with E-state index in [0.717, 1.165) is 24.8 Å². The number of hydrogen-bond acceptors (Lipinski definition) is 3. The highest BCUT2D eigenvalue weighted by Gasteiger charge is 2.11. The molecule has 1 unspecified atom stereocenters. The van der Waals surface area contributed by atoms with Gasteiger partial charge in [0.25, 0.3) is 0 Å². The van der Waals surface area contributed by atoms with E-state index in [0.29, 0.717) is 19.6 Å². The largest absolute Gasteiger partial charge is 0.481 e.